The van der Waals surface area contributed by atoms with Gasteiger partial charge in [-0.05, 0) is 42.9 Å². The van der Waals surface area contributed by atoms with E-state index in [9.17, 15) is 4.79 Å². The normalized spacial score (nSPS) is 10.1. The molecule has 2 aromatic carbocycles. The zero-order chi connectivity index (χ0) is 17.4. The minimum Gasteiger partial charge on any atom is -0.491 e. The van der Waals surface area contributed by atoms with Crippen molar-refractivity contribution in [2.75, 3.05) is 25.6 Å². The second-order valence-electron chi connectivity index (χ2n) is 5.09. The van der Waals surface area contributed by atoms with E-state index in [-0.39, 0.29) is 11.0 Å². The van der Waals surface area contributed by atoms with Gasteiger partial charge in [-0.3, -0.25) is 10.1 Å². The number of ether oxygens (including phenoxy) is 2. The Morgan fingerprint density at radius 2 is 1.92 bits per heavy atom. The highest BCUT2D eigenvalue weighted by Gasteiger charge is 2.10. The van der Waals surface area contributed by atoms with Gasteiger partial charge in [0.1, 0.15) is 12.4 Å². The van der Waals surface area contributed by atoms with Gasteiger partial charge in [0, 0.05) is 24.4 Å². The Balaban J connectivity index is 1.93. The fraction of sp³-hybridized carbons (Fsp3) is 0.222. The molecule has 0 aliphatic rings. The molecule has 0 spiro atoms. The fourth-order valence-corrected chi connectivity index (χ4v) is 2.28. The maximum absolute atomic E-state index is 12.2. The maximum atomic E-state index is 12.2. The quantitative estimate of drug-likeness (QED) is 0.623. The number of nitrogens with one attached hydrogen (secondary N) is 2. The summed E-state index contributed by atoms with van der Waals surface area (Å²) in [5, 5.41) is 5.89. The molecular formula is C18H20N2O3S. The molecule has 1 amide bonds. The van der Waals surface area contributed by atoms with Crippen molar-refractivity contribution in [3.8, 4) is 5.75 Å². The smallest absolute Gasteiger partial charge is 0.257 e. The van der Waals surface area contributed by atoms with Crippen LogP contribution >= 0.6 is 12.2 Å². The lowest BCUT2D eigenvalue weighted by molar-refractivity contribution is 0.0977. The topological polar surface area (TPSA) is 59.6 Å². The van der Waals surface area contributed by atoms with Crippen LogP contribution in [0, 0.1) is 6.92 Å². The van der Waals surface area contributed by atoms with Crippen LogP contribution in [0.2, 0.25) is 0 Å². The molecule has 2 aromatic rings. The van der Waals surface area contributed by atoms with Crippen LogP contribution in [0.4, 0.5) is 5.69 Å². The molecule has 0 aromatic heterocycles. The summed E-state index contributed by atoms with van der Waals surface area (Å²) in [6, 6.07) is 14.7. The first-order chi connectivity index (χ1) is 11.6. The molecular weight excluding hydrogens is 324 g/mol. The van der Waals surface area contributed by atoms with Crippen LogP contribution in [-0.2, 0) is 4.74 Å². The number of aryl methyl sites for hydroxylation is 1. The Morgan fingerprint density at radius 1 is 1.12 bits per heavy atom. The van der Waals surface area contributed by atoms with E-state index in [4.69, 9.17) is 21.7 Å². The minimum atomic E-state index is -0.238. The van der Waals surface area contributed by atoms with Gasteiger partial charge in [-0.15, -0.1) is 0 Å². The Kier molecular flexibility index (Phi) is 6.72. The van der Waals surface area contributed by atoms with Crippen molar-refractivity contribution in [2.45, 2.75) is 6.92 Å². The molecule has 0 unspecified atom stereocenters. The van der Waals surface area contributed by atoms with Crippen molar-refractivity contribution in [3.63, 3.8) is 0 Å². The van der Waals surface area contributed by atoms with Crippen LogP contribution in [0.15, 0.2) is 48.5 Å². The van der Waals surface area contributed by atoms with Crippen LogP contribution in [0.25, 0.3) is 0 Å². The third-order valence-electron chi connectivity index (χ3n) is 3.26. The zero-order valence-electron chi connectivity index (χ0n) is 13.7. The maximum Gasteiger partial charge on any atom is 0.257 e. The molecule has 0 saturated carbocycles. The van der Waals surface area contributed by atoms with Gasteiger partial charge in [0.05, 0.1) is 6.61 Å². The van der Waals surface area contributed by atoms with Gasteiger partial charge in [-0.25, -0.2) is 0 Å². The summed E-state index contributed by atoms with van der Waals surface area (Å²) in [4.78, 5) is 12.2. The number of methoxy groups -OCH3 is 1. The first kappa shape index (κ1) is 17.9. The Hall–Kier alpha value is -2.44. The molecule has 0 saturated heterocycles. The number of anilines is 1. The summed E-state index contributed by atoms with van der Waals surface area (Å²) >= 11 is 5.20. The average Bonchev–Trinajstić information content (AvgIpc) is 2.55. The Morgan fingerprint density at radius 3 is 2.67 bits per heavy atom. The molecule has 0 atom stereocenters. The van der Waals surface area contributed by atoms with Gasteiger partial charge < -0.3 is 14.8 Å². The van der Waals surface area contributed by atoms with Crippen LogP contribution in [-0.4, -0.2) is 31.3 Å². The van der Waals surface area contributed by atoms with Crippen LogP contribution in [0.1, 0.15) is 15.9 Å². The number of amides is 1. The molecule has 2 rings (SSSR count). The third kappa shape index (κ3) is 5.33. The van der Waals surface area contributed by atoms with E-state index in [1.165, 1.54) is 0 Å². The molecule has 24 heavy (non-hydrogen) atoms. The van der Waals surface area contributed by atoms with Crippen molar-refractivity contribution in [1.82, 2.24) is 5.32 Å². The summed E-state index contributed by atoms with van der Waals surface area (Å²) in [6.07, 6.45) is 0. The van der Waals surface area contributed by atoms with Gasteiger partial charge >= 0.3 is 0 Å². The number of rotatable bonds is 6. The zero-order valence-corrected chi connectivity index (χ0v) is 14.5. The molecule has 0 bridgehead atoms. The van der Waals surface area contributed by atoms with E-state index in [0.717, 1.165) is 11.3 Å². The highest BCUT2D eigenvalue weighted by atomic mass is 32.1. The SMILES string of the molecule is COCCOc1cccc(NC(=S)NC(=O)c2ccccc2C)c1. The first-order valence-corrected chi connectivity index (χ1v) is 7.90. The summed E-state index contributed by atoms with van der Waals surface area (Å²) in [6.45, 7) is 2.86. The molecule has 0 heterocycles. The summed E-state index contributed by atoms with van der Waals surface area (Å²) in [5.41, 5.74) is 2.23. The second-order valence-corrected chi connectivity index (χ2v) is 5.50. The van der Waals surface area contributed by atoms with E-state index < -0.39 is 0 Å². The highest BCUT2D eigenvalue weighted by molar-refractivity contribution is 7.80. The van der Waals surface area contributed by atoms with Crippen molar-refractivity contribution in [2.24, 2.45) is 0 Å². The van der Waals surface area contributed by atoms with Gasteiger partial charge in [0.2, 0.25) is 0 Å². The number of carbonyl (C=O) groups is 1. The van der Waals surface area contributed by atoms with E-state index in [0.29, 0.717) is 24.5 Å². The molecule has 126 valence electrons. The number of benzene rings is 2. The van der Waals surface area contributed by atoms with Gasteiger partial charge in [0.25, 0.3) is 5.91 Å². The lowest BCUT2D eigenvalue weighted by Gasteiger charge is -2.12. The lowest BCUT2D eigenvalue weighted by Crippen LogP contribution is -2.34. The number of thiocarbonyl (C=S) groups is 1. The largest absolute Gasteiger partial charge is 0.491 e. The molecule has 0 aliphatic heterocycles. The van der Waals surface area contributed by atoms with Crippen LogP contribution < -0.4 is 15.4 Å². The van der Waals surface area contributed by atoms with Gasteiger partial charge in [-0.2, -0.15) is 0 Å². The first-order valence-electron chi connectivity index (χ1n) is 7.50. The summed E-state index contributed by atoms with van der Waals surface area (Å²) < 4.78 is 10.5. The molecule has 0 radical (unpaired) electrons. The summed E-state index contributed by atoms with van der Waals surface area (Å²) in [5.74, 6) is 0.461. The Bertz CT molecular complexity index is 719. The molecule has 0 aliphatic carbocycles. The Labute approximate surface area is 147 Å². The summed E-state index contributed by atoms with van der Waals surface area (Å²) in [7, 11) is 1.62. The number of hydrogen-bond acceptors (Lipinski definition) is 4. The predicted octanol–water partition coefficient (Wildman–Crippen LogP) is 3.15. The molecule has 5 nitrogen and oxygen atoms in total. The van der Waals surface area contributed by atoms with Gasteiger partial charge in [-0.1, -0.05) is 24.3 Å². The minimum absolute atomic E-state index is 0.234. The van der Waals surface area contributed by atoms with E-state index in [1.54, 1.807) is 13.2 Å². The third-order valence-corrected chi connectivity index (χ3v) is 3.47. The van der Waals surface area contributed by atoms with Crippen molar-refractivity contribution in [3.05, 3.63) is 59.7 Å². The number of hydrogen-bond donors (Lipinski definition) is 2. The van der Waals surface area contributed by atoms with Crippen LogP contribution in [0.3, 0.4) is 0 Å². The van der Waals surface area contributed by atoms with E-state index in [2.05, 4.69) is 10.6 Å². The monoisotopic (exact) mass is 344 g/mol. The fourth-order valence-electron chi connectivity index (χ4n) is 2.07. The molecule has 0 fully saturated rings. The lowest BCUT2D eigenvalue weighted by atomic mass is 10.1. The predicted molar refractivity (Wildman–Crippen MR) is 98.7 cm³/mol. The second kappa shape index (κ2) is 9.00. The molecule has 2 N–H and O–H groups in total. The van der Waals surface area contributed by atoms with Crippen LogP contribution in [0.5, 0.6) is 5.75 Å². The van der Waals surface area contributed by atoms with Crippen molar-refractivity contribution in [1.29, 1.82) is 0 Å². The van der Waals surface area contributed by atoms with Crippen molar-refractivity contribution < 1.29 is 14.3 Å². The highest BCUT2D eigenvalue weighted by Crippen LogP contribution is 2.17. The van der Waals surface area contributed by atoms with E-state index in [1.807, 2.05) is 49.4 Å². The van der Waals surface area contributed by atoms with Gasteiger partial charge in [0.15, 0.2) is 5.11 Å². The average molecular weight is 344 g/mol. The molecule has 6 heteroatoms. The van der Waals surface area contributed by atoms with E-state index >= 15 is 0 Å². The standard InChI is InChI=1S/C18H20N2O3S/c1-13-6-3-4-9-16(13)17(21)20-18(24)19-14-7-5-8-15(12-14)23-11-10-22-2/h3-9,12H,10-11H2,1-2H3,(H2,19,20,21,24). The number of carbonyl (C=O) groups excluding carboxylic acids is 1. The van der Waals surface area contributed by atoms with Crippen molar-refractivity contribution >= 4 is 28.9 Å².